The van der Waals surface area contributed by atoms with Crippen molar-refractivity contribution in [3.8, 4) is 5.75 Å². The summed E-state index contributed by atoms with van der Waals surface area (Å²) in [5, 5.41) is 3.52. The lowest BCUT2D eigenvalue weighted by Gasteiger charge is -2.30. The van der Waals surface area contributed by atoms with Crippen molar-refractivity contribution in [1.29, 1.82) is 0 Å². The van der Waals surface area contributed by atoms with E-state index in [1.165, 1.54) is 37.7 Å². The topological polar surface area (TPSA) is 21.3 Å². The average molecular weight is 261 g/mol. The van der Waals surface area contributed by atoms with E-state index in [1.54, 1.807) is 0 Å². The fourth-order valence-corrected chi connectivity index (χ4v) is 3.16. The fraction of sp³-hybridized carbons (Fsp3) is 0.647. The van der Waals surface area contributed by atoms with Gasteiger partial charge in [-0.3, -0.25) is 0 Å². The minimum atomic E-state index is 0.477. The molecule has 2 nitrogen and oxygen atoms in total. The third-order valence-electron chi connectivity index (χ3n) is 4.12. The molecule has 1 aromatic carbocycles. The second kappa shape index (κ2) is 7.54. The lowest BCUT2D eigenvalue weighted by atomic mass is 9.81. The van der Waals surface area contributed by atoms with Gasteiger partial charge in [0.25, 0.3) is 0 Å². The molecule has 19 heavy (non-hydrogen) atoms. The quantitative estimate of drug-likeness (QED) is 0.823. The summed E-state index contributed by atoms with van der Waals surface area (Å²) in [6, 6.07) is 9.10. The first-order valence-corrected chi connectivity index (χ1v) is 7.75. The maximum atomic E-state index is 5.75. The van der Waals surface area contributed by atoms with Gasteiger partial charge in [0.2, 0.25) is 0 Å². The van der Waals surface area contributed by atoms with Crippen LogP contribution in [0.2, 0.25) is 0 Å². The highest BCUT2D eigenvalue weighted by molar-refractivity contribution is 5.31. The van der Waals surface area contributed by atoms with Crippen molar-refractivity contribution in [3.05, 3.63) is 29.8 Å². The number of rotatable bonds is 6. The molecule has 0 amide bonds. The van der Waals surface area contributed by atoms with E-state index in [0.29, 0.717) is 6.04 Å². The largest absolute Gasteiger partial charge is 0.494 e. The van der Waals surface area contributed by atoms with Gasteiger partial charge in [0.05, 0.1) is 6.61 Å². The molecule has 1 saturated carbocycles. The van der Waals surface area contributed by atoms with Crippen LogP contribution in [0.15, 0.2) is 24.3 Å². The number of benzene rings is 1. The van der Waals surface area contributed by atoms with Gasteiger partial charge in [-0.15, -0.1) is 0 Å². The summed E-state index contributed by atoms with van der Waals surface area (Å²) in [4.78, 5) is 0. The summed E-state index contributed by atoms with van der Waals surface area (Å²) in [6.07, 6.45) is 7.94. The molecule has 0 spiro atoms. The summed E-state index contributed by atoms with van der Waals surface area (Å²) >= 11 is 0. The maximum absolute atomic E-state index is 5.75. The third-order valence-corrected chi connectivity index (χ3v) is 4.12. The molecular weight excluding hydrogens is 234 g/mol. The van der Waals surface area contributed by atoms with Crippen molar-refractivity contribution in [2.24, 2.45) is 5.92 Å². The number of nitrogens with one attached hydrogen (secondary N) is 1. The van der Waals surface area contributed by atoms with Gasteiger partial charge in [-0.1, -0.05) is 38.3 Å². The summed E-state index contributed by atoms with van der Waals surface area (Å²) in [5.74, 6) is 1.79. The van der Waals surface area contributed by atoms with Crippen molar-refractivity contribution >= 4 is 0 Å². The van der Waals surface area contributed by atoms with Gasteiger partial charge in [0.15, 0.2) is 0 Å². The molecule has 1 N–H and O–H groups in total. The van der Waals surface area contributed by atoms with E-state index in [9.17, 15) is 0 Å². The fourth-order valence-electron chi connectivity index (χ4n) is 3.16. The van der Waals surface area contributed by atoms with Gasteiger partial charge in [0.1, 0.15) is 5.75 Å². The maximum Gasteiger partial charge on any atom is 0.119 e. The van der Waals surface area contributed by atoms with Crippen molar-refractivity contribution in [3.63, 3.8) is 0 Å². The van der Waals surface area contributed by atoms with Crippen molar-refractivity contribution < 1.29 is 4.74 Å². The molecule has 0 aromatic heterocycles. The molecule has 1 aliphatic rings. The van der Waals surface area contributed by atoms with Crippen LogP contribution in [-0.4, -0.2) is 13.7 Å². The summed E-state index contributed by atoms with van der Waals surface area (Å²) in [6.45, 7) is 2.94. The molecular formula is C17H27NO. The lowest BCUT2D eigenvalue weighted by molar-refractivity contribution is 0.279. The Labute approximate surface area is 117 Å². The molecule has 1 atom stereocenters. The molecule has 1 aliphatic carbocycles. The van der Waals surface area contributed by atoms with Crippen LogP contribution in [0.5, 0.6) is 5.75 Å². The SMILES string of the molecule is CCCOc1cccc(C(NC)C2CCCCC2)c1. The Hall–Kier alpha value is -1.02. The van der Waals surface area contributed by atoms with E-state index in [4.69, 9.17) is 4.74 Å². The Balaban J connectivity index is 2.08. The van der Waals surface area contributed by atoms with Crippen LogP contribution < -0.4 is 10.1 Å². The highest BCUT2D eigenvalue weighted by atomic mass is 16.5. The predicted octanol–water partition coefficient (Wildman–Crippen LogP) is 4.32. The van der Waals surface area contributed by atoms with E-state index in [-0.39, 0.29) is 0 Å². The normalized spacial score (nSPS) is 18.2. The first-order chi connectivity index (χ1) is 9.35. The molecule has 1 fully saturated rings. The van der Waals surface area contributed by atoms with E-state index in [0.717, 1.165) is 24.7 Å². The molecule has 0 radical (unpaired) electrons. The van der Waals surface area contributed by atoms with Gasteiger partial charge in [0, 0.05) is 6.04 Å². The second-order valence-electron chi connectivity index (χ2n) is 5.59. The lowest BCUT2D eigenvalue weighted by Crippen LogP contribution is -2.26. The zero-order valence-corrected chi connectivity index (χ0v) is 12.3. The highest BCUT2D eigenvalue weighted by Gasteiger charge is 2.23. The van der Waals surface area contributed by atoms with Gasteiger partial charge in [-0.05, 0) is 49.9 Å². The molecule has 2 heteroatoms. The van der Waals surface area contributed by atoms with Crippen LogP contribution in [0.25, 0.3) is 0 Å². The molecule has 1 aromatic rings. The monoisotopic (exact) mass is 261 g/mol. The van der Waals surface area contributed by atoms with Crippen molar-refractivity contribution in [2.75, 3.05) is 13.7 Å². The number of ether oxygens (including phenoxy) is 1. The smallest absolute Gasteiger partial charge is 0.119 e. The summed E-state index contributed by atoms with van der Waals surface area (Å²) in [7, 11) is 2.08. The molecule has 0 aliphatic heterocycles. The second-order valence-corrected chi connectivity index (χ2v) is 5.59. The van der Waals surface area contributed by atoms with Crippen LogP contribution in [0.1, 0.15) is 57.1 Å². The standard InChI is InChI=1S/C17H27NO/c1-3-12-19-16-11-7-10-15(13-16)17(18-2)14-8-5-4-6-9-14/h7,10-11,13-14,17-18H,3-6,8-9,12H2,1-2H3. The average Bonchev–Trinajstić information content (AvgIpc) is 2.47. The zero-order chi connectivity index (χ0) is 13.5. The number of hydrogen-bond acceptors (Lipinski definition) is 2. The molecule has 106 valence electrons. The first-order valence-electron chi connectivity index (χ1n) is 7.75. The molecule has 1 unspecified atom stereocenters. The van der Waals surface area contributed by atoms with Crippen LogP contribution >= 0.6 is 0 Å². The minimum absolute atomic E-state index is 0.477. The number of hydrogen-bond donors (Lipinski definition) is 1. The van der Waals surface area contributed by atoms with E-state index < -0.39 is 0 Å². The van der Waals surface area contributed by atoms with E-state index in [1.807, 2.05) is 0 Å². The Bertz CT molecular complexity index is 371. The van der Waals surface area contributed by atoms with Gasteiger partial charge in [-0.2, -0.15) is 0 Å². The Kier molecular flexibility index (Phi) is 5.71. The third kappa shape index (κ3) is 3.97. The predicted molar refractivity (Wildman–Crippen MR) is 80.6 cm³/mol. The highest BCUT2D eigenvalue weighted by Crippen LogP contribution is 2.35. The van der Waals surface area contributed by atoms with Crippen LogP contribution in [-0.2, 0) is 0 Å². The van der Waals surface area contributed by atoms with Crippen molar-refractivity contribution in [1.82, 2.24) is 5.32 Å². The molecule has 0 saturated heterocycles. The van der Waals surface area contributed by atoms with Crippen molar-refractivity contribution in [2.45, 2.75) is 51.5 Å². The Morgan fingerprint density at radius 3 is 2.74 bits per heavy atom. The Morgan fingerprint density at radius 2 is 2.05 bits per heavy atom. The summed E-state index contributed by atoms with van der Waals surface area (Å²) < 4.78 is 5.75. The molecule has 2 rings (SSSR count). The molecule has 0 bridgehead atoms. The van der Waals surface area contributed by atoms with Gasteiger partial charge >= 0.3 is 0 Å². The van der Waals surface area contributed by atoms with Crippen LogP contribution in [0.4, 0.5) is 0 Å². The van der Waals surface area contributed by atoms with E-state index in [2.05, 4.69) is 43.6 Å². The first kappa shape index (κ1) is 14.4. The minimum Gasteiger partial charge on any atom is -0.494 e. The van der Waals surface area contributed by atoms with Crippen LogP contribution in [0, 0.1) is 5.92 Å². The zero-order valence-electron chi connectivity index (χ0n) is 12.3. The van der Waals surface area contributed by atoms with Gasteiger partial charge < -0.3 is 10.1 Å². The Morgan fingerprint density at radius 1 is 1.26 bits per heavy atom. The van der Waals surface area contributed by atoms with Gasteiger partial charge in [-0.25, -0.2) is 0 Å². The van der Waals surface area contributed by atoms with Crippen LogP contribution in [0.3, 0.4) is 0 Å². The van der Waals surface area contributed by atoms with E-state index >= 15 is 0 Å². The summed E-state index contributed by atoms with van der Waals surface area (Å²) in [5.41, 5.74) is 1.38. The molecule has 0 heterocycles.